The van der Waals surface area contributed by atoms with Crippen LogP contribution in [0.25, 0.3) is 11.1 Å². The maximum Gasteiger partial charge on any atom is 0.411 e. The predicted molar refractivity (Wildman–Crippen MR) is 202 cm³/mol. The molecule has 0 bridgehead atoms. The van der Waals surface area contributed by atoms with Crippen LogP contribution in [0.1, 0.15) is 73.0 Å². The molecule has 14 nitrogen and oxygen atoms in total. The smallest absolute Gasteiger partial charge is 0.411 e. The van der Waals surface area contributed by atoms with Crippen molar-refractivity contribution in [1.29, 1.82) is 0 Å². The van der Waals surface area contributed by atoms with Crippen LogP contribution < -0.4 is 10.2 Å². The van der Waals surface area contributed by atoms with Crippen LogP contribution in [0, 0.1) is 0 Å². The van der Waals surface area contributed by atoms with Gasteiger partial charge in [0.15, 0.2) is 12.4 Å². The number of Topliss-reactive ketones (excluding diaryl/α,β-unsaturated/α-hetero) is 1. The number of likely N-dealkylation sites (tertiary alicyclic amines) is 1. The van der Waals surface area contributed by atoms with E-state index in [1.807, 2.05) is 30.3 Å². The standard InChI is InChI=1S/C42H45N3O11/c1-42(2,3)56-41(52)44-20-6-9-33(44)38(49)54-23-31(22-46)27-12-10-25(11-13-27)26-14-16-28(17-15-26)35(47)24-55-39(50)34-21-30-8-5-7-29-18-19-32(43-40(51)53-4)37(48)45(34)36(29)30/h5,7-8,10-17,22,31-34H,6,9,18-21,23-24H2,1-4H3,(H,43,51). The minimum atomic E-state index is -0.996. The highest BCUT2D eigenvalue weighted by Crippen LogP contribution is 2.39. The first kappa shape index (κ1) is 39.6. The number of carbonyl (C=O) groups is 7. The molecule has 6 rings (SSSR count). The van der Waals surface area contributed by atoms with E-state index in [4.69, 9.17) is 18.9 Å². The van der Waals surface area contributed by atoms with E-state index in [1.54, 1.807) is 57.2 Å². The molecule has 3 aromatic carbocycles. The number of hydrogen-bond acceptors (Lipinski definition) is 11. The molecule has 0 spiro atoms. The van der Waals surface area contributed by atoms with Crippen molar-refractivity contribution in [3.8, 4) is 11.1 Å². The average molecular weight is 768 g/mol. The van der Waals surface area contributed by atoms with Gasteiger partial charge in [0.2, 0.25) is 0 Å². The van der Waals surface area contributed by atoms with Crippen molar-refractivity contribution in [3.63, 3.8) is 0 Å². The Hall–Kier alpha value is -6.05. The number of para-hydroxylation sites is 1. The van der Waals surface area contributed by atoms with E-state index in [1.165, 1.54) is 16.9 Å². The van der Waals surface area contributed by atoms with Gasteiger partial charge >= 0.3 is 24.1 Å². The van der Waals surface area contributed by atoms with Crippen molar-refractivity contribution in [1.82, 2.24) is 10.2 Å². The Balaban J connectivity index is 1.03. The van der Waals surface area contributed by atoms with E-state index in [9.17, 15) is 33.6 Å². The van der Waals surface area contributed by atoms with Gasteiger partial charge in [0.05, 0.1) is 18.7 Å². The number of benzene rings is 3. The number of nitrogens with zero attached hydrogens (tertiary/aromatic N) is 2. The summed E-state index contributed by atoms with van der Waals surface area (Å²) < 4.78 is 21.1. The van der Waals surface area contributed by atoms with Gasteiger partial charge in [0.1, 0.15) is 36.6 Å². The summed E-state index contributed by atoms with van der Waals surface area (Å²) in [5.41, 5.74) is 4.18. The number of ether oxygens (including phenoxy) is 4. The highest BCUT2D eigenvalue weighted by molar-refractivity contribution is 6.07. The van der Waals surface area contributed by atoms with Gasteiger partial charge in [-0.25, -0.2) is 19.2 Å². The quantitative estimate of drug-likeness (QED) is 0.121. The minimum absolute atomic E-state index is 0.183. The van der Waals surface area contributed by atoms with Crippen LogP contribution in [0.2, 0.25) is 0 Å². The molecule has 0 aliphatic carbocycles. The molecule has 1 saturated heterocycles. The topological polar surface area (TPSA) is 175 Å². The summed E-state index contributed by atoms with van der Waals surface area (Å²) in [7, 11) is 1.21. The minimum Gasteiger partial charge on any atom is -0.463 e. The average Bonchev–Trinajstić information content (AvgIpc) is 3.81. The first-order chi connectivity index (χ1) is 26.8. The van der Waals surface area contributed by atoms with Gasteiger partial charge in [0, 0.05) is 18.5 Å². The molecule has 4 atom stereocenters. The van der Waals surface area contributed by atoms with Gasteiger partial charge in [0.25, 0.3) is 5.91 Å². The number of aldehydes is 1. The van der Waals surface area contributed by atoms with E-state index in [-0.39, 0.29) is 13.0 Å². The Labute approximate surface area is 324 Å². The van der Waals surface area contributed by atoms with Gasteiger partial charge in [-0.15, -0.1) is 0 Å². The van der Waals surface area contributed by atoms with Crippen LogP contribution in [0.3, 0.4) is 0 Å². The van der Waals surface area contributed by atoms with E-state index < -0.39 is 72.1 Å². The molecule has 3 amide bonds. The van der Waals surface area contributed by atoms with Gasteiger partial charge in [-0.05, 0) is 74.3 Å². The molecule has 4 unspecified atom stereocenters. The molecule has 3 aliphatic heterocycles. The fraction of sp³-hybridized carbons (Fsp3) is 0.405. The molecule has 3 heterocycles. The van der Waals surface area contributed by atoms with Gasteiger partial charge in [-0.2, -0.15) is 0 Å². The Morgan fingerprint density at radius 3 is 2.20 bits per heavy atom. The number of rotatable bonds is 11. The SMILES string of the molecule is COC(=O)NC1CCc2cccc3c2N(C1=O)C(C(=O)OCC(=O)c1ccc(-c2ccc(C(C=O)COC(=O)C4CCCN4C(=O)OC(C)(C)C)cc2)cc1)C3. The van der Waals surface area contributed by atoms with E-state index in [0.29, 0.717) is 55.3 Å². The van der Waals surface area contributed by atoms with Crippen molar-refractivity contribution >= 4 is 47.8 Å². The van der Waals surface area contributed by atoms with Crippen LogP contribution in [0.5, 0.6) is 0 Å². The van der Waals surface area contributed by atoms with Crippen LogP contribution in [0.15, 0.2) is 66.7 Å². The normalized spacial score (nSPS) is 19.3. The number of alkyl carbamates (subject to hydrolysis) is 1. The molecule has 0 saturated carbocycles. The number of methoxy groups -OCH3 is 1. The van der Waals surface area contributed by atoms with Crippen LogP contribution >= 0.6 is 0 Å². The molecule has 1 N–H and O–H groups in total. The summed E-state index contributed by atoms with van der Waals surface area (Å²) in [4.78, 5) is 92.3. The van der Waals surface area contributed by atoms with Gasteiger partial charge in [-0.1, -0.05) is 66.7 Å². The molecule has 1 fully saturated rings. The van der Waals surface area contributed by atoms with Crippen LogP contribution in [0.4, 0.5) is 15.3 Å². The Morgan fingerprint density at radius 2 is 1.54 bits per heavy atom. The van der Waals surface area contributed by atoms with E-state index in [0.717, 1.165) is 22.3 Å². The van der Waals surface area contributed by atoms with Crippen molar-refractivity contribution in [2.24, 2.45) is 0 Å². The molecule has 3 aromatic rings. The number of aryl methyl sites for hydroxylation is 1. The summed E-state index contributed by atoms with van der Waals surface area (Å²) in [5.74, 6) is -2.91. The number of anilines is 1. The molecule has 294 valence electrons. The fourth-order valence-electron chi connectivity index (χ4n) is 7.28. The lowest BCUT2D eigenvalue weighted by Crippen LogP contribution is -2.52. The third-order valence-electron chi connectivity index (χ3n) is 10.1. The summed E-state index contributed by atoms with van der Waals surface area (Å²) >= 11 is 0. The number of ketones is 1. The lowest BCUT2D eigenvalue weighted by atomic mass is 9.97. The molecule has 0 radical (unpaired) electrons. The fourth-order valence-corrected chi connectivity index (χ4v) is 7.28. The zero-order chi connectivity index (χ0) is 40.1. The second kappa shape index (κ2) is 16.8. The number of nitrogens with one attached hydrogen (secondary N) is 1. The first-order valence-corrected chi connectivity index (χ1v) is 18.6. The highest BCUT2D eigenvalue weighted by Gasteiger charge is 2.45. The van der Waals surface area contributed by atoms with Crippen LogP contribution in [-0.4, -0.2) is 97.6 Å². The van der Waals surface area contributed by atoms with Gasteiger partial charge in [-0.3, -0.25) is 19.4 Å². The monoisotopic (exact) mass is 767 g/mol. The second-order valence-corrected chi connectivity index (χ2v) is 15.0. The number of hydrogen-bond donors (Lipinski definition) is 1. The summed E-state index contributed by atoms with van der Waals surface area (Å²) in [6, 6.07) is 16.8. The zero-order valence-electron chi connectivity index (χ0n) is 31.8. The Morgan fingerprint density at radius 1 is 0.875 bits per heavy atom. The number of esters is 2. The second-order valence-electron chi connectivity index (χ2n) is 15.0. The largest absolute Gasteiger partial charge is 0.463 e. The number of amides is 3. The van der Waals surface area contributed by atoms with Crippen molar-refractivity contribution in [2.75, 3.05) is 31.8 Å². The molecule has 56 heavy (non-hydrogen) atoms. The van der Waals surface area contributed by atoms with E-state index >= 15 is 0 Å². The van der Waals surface area contributed by atoms with Crippen molar-refractivity contribution in [3.05, 3.63) is 89.0 Å². The zero-order valence-corrected chi connectivity index (χ0v) is 31.8. The number of carbonyl (C=O) groups excluding carboxylic acids is 7. The third kappa shape index (κ3) is 8.74. The van der Waals surface area contributed by atoms with Crippen molar-refractivity contribution < 1.29 is 52.5 Å². The molecule has 0 aromatic heterocycles. The maximum atomic E-state index is 13.6. The molecular weight excluding hydrogens is 722 g/mol. The van der Waals surface area contributed by atoms with Gasteiger partial charge < -0.3 is 29.1 Å². The molecule has 14 heteroatoms. The lowest BCUT2D eigenvalue weighted by Gasteiger charge is -2.27. The highest BCUT2D eigenvalue weighted by atomic mass is 16.6. The van der Waals surface area contributed by atoms with E-state index in [2.05, 4.69) is 5.32 Å². The molecular formula is C42H45N3O11. The van der Waals surface area contributed by atoms with Crippen LogP contribution in [-0.2, 0) is 51.0 Å². The summed E-state index contributed by atoms with van der Waals surface area (Å²) in [6.45, 7) is 4.93. The first-order valence-electron chi connectivity index (χ1n) is 18.6. The predicted octanol–water partition coefficient (Wildman–Crippen LogP) is 4.93. The Bertz CT molecular complexity index is 2010. The summed E-state index contributed by atoms with van der Waals surface area (Å²) in [5, 5.41) is 2.56. The lowest BCUT2D eigenvalue weighted by molar-refractivity contribution is -0.149. The third-order valence-corrected chi connectivity index (χ3v) is 10.1. The Kier molecular flexibility index (Phi) is 11.9. The summed E-state index contributed by atoms with van der Waals surface area (Å²) in [6.07, 6.45) is 1.53. The van der Waals surface area contributed by atoms with Crippen molar-refractivity contribution in [2.45, 2.75) is 82.5 Å². The molecule has 3 aliphatic rings. The maximum absolute atomic E-state index is 13.6.